The minimum absolute atomic E-state index is 0.0215. The second-order valence-corrected chi connectivity index (χ2v) is 5.01. The summed E-state index contributed by atoms with van der Waals surface area (Å²) in [5.74, 6) is 0.302. The van der Waals surface area contributed by atoms with E-state index in [0.29, 0.717) is 13.0 Å². The van der Waals surface area contributed by atoms with Crippen LogP contribution in [-0.2, 0) is 9.59 Å². The highest BCUT2D eigenvalue weighted by molar-refractivity contribution is 5.82. The molecule has 0 spiro atoms. The molecule has 0 heterocycles. The van der Waals surface area contributed by atoms with Crippen LogP contribution in [0, 0.1) is 5.92 Å². The molecule has 0 radical (unpaired) electrons. The third-order valence-corrected chi connectivity index (χ3v) is 3.54. The van der Waals surface area contributed by atoms with Crippen molar-refractivity contribution in [2.45, 2.75) is 25.2 Å². The largest absolute Gasteiger partial charge is 0.497 e. The number of amides is 1. The molecule has 1 fully saturated rings. The van der Waals surface area contributed by atoms with E-state index in [-0.39, 0.29) is 24.2 Å². The average Bonchev–Trinajstić information content (AvgIpc) is 3.24. The lowest BCUT2D eigenvalue weighted by Crippen LogP contribution is -2.26. The number of hydrogen-bond donors (Lipinski definition) is 2. The van der Waals surface area contributed by atoms with Gasteiger partial charge in [-0.15, -0.1) is 0 Å². The number of carbonyl (C=O) groups is 2. The first-order chi connectivity index (χ1) is 9.61. The Balaban J connectivity index is 1.75. The van der Waals surface area contributed by atoms with Crippen molar-refractivity contribution < 1.29 is 19.4 Å². The lowest BCUT2D eigenvalue weighted by Gasteiger charge is -2.05. The summed E-state index contributed by atoms with van der Waals surface area (Å²) in [6, 6.07) is 7.77. The van der Waals surface area contributed by atoms with Crippen molar-refractivity contribution in [3.8, 4) is 5.75 Å². The molecule has 2 rings (SSSR count). The molecular weight excluding hydrogens is 258 g/mol. The smallest absolute Gasteiger partial charge is 0.303 e. The van der Waals surface area contributed by atoms with E-state index >= 15 is 0 Å². The monoisotopic (exact) mass is 277 g/mol. The van der Waals surface area contributed by atoms with Crippen LogP contribution < -0.4 is 10.1 Å². The molecule has 0 bridgehead atoms. The van der Waals surface area contributed by atoms with Crippen LogP contribution in [0.2, 0.25) is 0 Å². The Kier molecular flexibility index (Phi) is 4.61. The third kappa shape index (κ3) is 3.73. The number of methoxy groups -OCH3 is 1. The van der Waals surface area contributed by atoms with Gasteiger partial charge in [0.1, 0.15) is 5.75 Å². The highest BCUT2D eigenvalue weighted by atomic mass is 16.5. The molecule has 1 aromatic rings. The molecule has 1 aliphatic rings. The van der Waals surface area contributed by atoms with E-state index in [1.165, 1.54) is 0 Å². The first-order valence-electron chi connectivity index (χ1n) is 6.75. The summed E-state index contributed by atoms with van der Waals surface area (Å²) >= 11 is 0. The van der Waals surface area contributed by atoms with Gasteiger partial charge in [-0.25, -0.2) is 0 Å². The molecular formula is C15H19NO4. The Labute approximate surface area is 117 Å². The maximum absolute atomic E-state index is 11.9. The highest BCUT2D eigenvalue weighted by Crippen LogP contribution is 2.47. The van der Waals surface area contributed by atoms with Crippen LogP contribution in [0.1, 0.15) is 30.7 Å². The Morgan fingerprint density at radius 2 is 2.05 bits per heavy atom. The molecule has 1 amide bonds. The van der Waals surface area contributed by atoms with Crippen molar-refractivity contribution in [2.75, 3.05) is 13.7 Å². The Morgan fingerprint density at radius 3 is 2.65 bits per heavy atom. The van der Waals surface area contributed by atoms with Gasteiger partial charge in [0.15, 0.2) is 0 Å². The summed E-state index contributed by atoms with van der Waals surface area (Å²) < 4.78 is 5.10. The molecule has 108 valence electrons. The van der Waals surface area contributed by atoms with Crippen LogP contribution in [0.15, 0.2) is 24.3 Å². The number of carbonyl (C=O) groups excluding carboxylic acids is 1. The first kappa shape index (κ1) is 14.4. The molecule has 2 atom stereocenters. The van der Waals surface area contributed by atoms with Crippen LogP contribution in [-0.4, -0.2) is 30.6 Å². The highest BCUT2D eigenvalue weighted by Gasteiger charge is 2.43. The van der Waals surface area contributed by atoms with E-state index in [4.69, 9.17) is 9.84 Å². The third-order valence-electron chi connectivity index (χ3n) is 3.54. The summed E-state index contributed by atoms with van der Waals surface area (Å²) in [6.45, 7) is 0.428. The number of nitrogens with one attached hydrogen (secondary N) is 1. The zero-order valence-corrected chi connectivity index (χ0v) is 11.5. The minimum atomic E-state index is -0.832. The van der Waals surface area contributed by atoms with E-state index in [2.05, 4.69) is 5.32 Å². The topological polar surface area (TPSA) is 75.6 Å². The van der Waals surface area contributed by atoms with Gasteiger partial charge in [-0.2, -0.15) is 0 Å². The number of carboxylic acid groups (broad SMARTS) is 1. The summed E-state index contributed by atoms with van der Waals surface area (Å²) in [5.41, 5.74) is 1.15. The standard InChI is InChI=1S/C15H19NO4/c1-20-11-6-4-10(5-7-11)12-9-13(12)15(19)16-8-2-3-14(17)18/h4-7,12-13H,2-3,8-9H2,1H3,(H,16,19)(H,17,18). The Hall–Kier alpha value is -2.04. The fraction of sp³-hybridized carbons (Fsp3) is 0.467. The summed E-state index contributed by atoms with van der Waals surface area (Å²) in [6.07, 6.45) is 1.42. The fourth-order valence-corrected chi connectivity index (χ4v) is 2.29. The normalized spacial score (nSPS) is 20.2. The number of hydrogen-bond acceptors (Lipinski definition) is 3. The molecule has 5 heteroatoms. The lowest BCUT2D eigenvalue weighted by atomic mass is 10.1. The van der Waals surface area contributed by atoms with Crippen molar-refractivity contribution in [1.82, 2.24) is 5.32 Å². The fourth-order valence-electron chi connectivity index (χ4n) is 2.29. The number of aliphatic carboxylic acids is 1. The first-order valence-corrected chi connectivity index (χ1v) is 6.75. The predicted molar refractivity (Wildman–Crippen MR) is 73.7 cm³/mol. The zero-order chi connectivity index (χ0) is 14.5. The van der Waals surface area contributed by atoms with Crippen molar-refractivity contribution in [1.29, 1.82) is 0 Å². The van der Waals surface area contributed by atoms with Crippen LogP contribution >= 0.6 is 0 Å². The number of ether oxygens (including phenoxy) is 1. The van der Waals surface area contributed by atoms with Gasteiger partial charge < -0.3 is 15.2 Å². The van der Waals surface area contributed by atoms with E-state index < -0.39 is 5.97 Å². The lowest BCUT2D eigenvalue weighted by molar-refractivity contribution is -0.137. The maximum Gasteiger partial charge on any atom is 0.303 e. The second-order valence-electron chi connectivity index (χ2n) is 5.01. The number of benzene rings is 1. The van der Waals surface area contributed by atoms with Gasteiger partial charge >= 0.3 is 5.97 Å². The van der Waals surface area contributed by atoms with E-state index in [1.807, 2.05) is 24.3 Å². The Morgan fingerprint density at radius 1 is 1.35 bits per heavy atom. The van der Waals surface area contributed by atoms with Gasteiger partial charge in [0.2, 0.25) is 5.91 Å². The molecule has 5 nitrogen and oxygen atoms in total. The van der Waals surface area contributed by atoms with Crippen molar-refractivity contribution in [3.05, 3.63) is 29.8 Å². The van der Waals surface area contributed by atoms with Gasteiger partial charge in [0.25, 0.3) is 0 Å². The van der Waals surface area contributed by atoms with Gasteiger partial charge in [0.05, 0.1) is 7.11 Å². The molecule has 1 aliphatic carbocycles. The molecule has 1 saturated carbocycles. The molecule has 0 aliphatic heterocycles. The SMILES string of the molecule is COc1ccc(C2CC2C(=O)NCCCC(=O)O)cc1. The van der Waals surface area contributed by atoms with Crippen molar-refractivity contribution >= 4 is 11.9 Å². The van der Waals surface area contributed by atoms with Crippen molar-refractivity contribution in [2.24, 2.45) is 5.92 Å². The van der Waals surface area contributed by atoms with E-state index in [0.717, 1.165) is 17.7 Å². The van der Waals surface area contributed by atoms with Crippen LogP contribution in [0.4, 0.5) is 0 Å². The van der Waals surface area contributed by atoms with Gasteiger partial charge in [-0.05, 0) is 36.5 Å². The summed E-state index contributed by atoms with van der Waals surface area (Å²) in [4.78, 5) is 22.2. The van der Waals surface area contributed by atoms with Crippen molar-refractivity contribution in [3.63, 3.8) is 0 Å². The van der Waals surface area contributed by atoms with Crippen LogP contribution in [0.25, 0.3) is 0 Å². The molecule has 2 N–H and O–H groups in total. The van der Waals surface area contributed by atoms with Crippen LogP contribution in [0.3, 0.4) is 0 Å². The molecule has 20 heavy (non-hydrogen) atoms. The number of carboxylic acids is 1. The summed E-state index contributed by atoms with van der Waals surface area (Å²) in [7, 11) is 1.62. The molecule has 0 aromatic heterocycles. The zero-order valence-electron chi connectivity index (χ0n) is 11.5. The minimum Gasteiger partial charge on any atom is -0.497 e. The molecule has 1 aromatic carbocycles. The quantitative estimate of drug-likeness (QED) is 0.745. The summed E-state index contributed by atoms with van der Waals surface area (Å²) in [5, 5.41) is 11.3. The Bertz CT molecular complexity index is 483. The second kappa shape index (κ2) is 6.41. The predicted octanol–water partition coefficient (Wildman–Crippen LogP) is 1.78. The van der Waals surface area contributed by atoms with Gasteiger partial charge in [0, 0.05) is 18.9 Å². The average molecular weight is 277 g/mol. The van der Waals surface area contributed by atoms with Crippen LogP contribution in [0.5, 0.6) is 5.75 Å². The molecule has 2 unspecified atom stereocenters. The molecule has 0 saturated heterocycles. The van der Waals surface area contributed by atoms with E-state index in [9.17, 15) is 9.59 Å². The van der Waals surface area contributed by atoms with Gasteiger partial charge in [-0.1, -0.05) is 12.1 Å². The maximum atomic E-state index is 11.9. The number of rotatable bonds is 7. The van der Waals surface area contributed by atoms with E-state index in [1.54, 1.807) is 7.11 Å². The van der Waals surface area contributed by atoms with Gasteiger partial charge in [-0.3, -0.25) is 9.59 Å².